The second-order valence-electron chi connectivity index (χ2n) is 3.27. The van der Waals surface area contributed by atoms with Crippen LogP contribution in [-0.4, -0.2) is 17.3 Å². The molecule has 2 nitrogen and oxygen atoms in total. The summed E-state index contributed by atoms with van der Waals surface area (Å²) in [6, 6.07) is 7.71. The van der Waals surface area contributed by atoms with E-state index in [4.69, 9.17) is 4.74 Å². The highest BCUT2D eigenvalue weighted by Crippen LogP contribution is 2.27. The van der Waals surface area contributed by atoms with Gasteiger partial charge in [-0.25, -0.2) is 0 Å². The summed E-state index contributed by atoms with van der Waals surface area (Å²) in [6.07, 6.45) is 3.93. The molecule has 1 aromatic carbocycles. The zero-order valence-electron chi connectivity index (χ0n) is 7.56. The number of halogens is 1. The van der Waals surface area contributed by atoms with Crippen LogP contribution in [0.25, 0.3) is 0 Å². The first-order valence-electron chi connectivity index (χ1n) is 4.53. The second-order valence-corrected chi connectivity index (χ2v) is 4.13. The summed E-state index contributed by atoms with van der Waals surface area (Å²) < 4.78 is 6.62. The standard InChI is InChI=1S/C11H11BrO2/c12-10-3-1-2-4-11(10)14-9-6-5-8(13)7-9/h1-6,8-9,13H,7H2/t8-,9+/m0/s1. The van der Waals surface area contributed by atoms with Crippen LogP contribution in [0.4, 0.5) is 0 Å². The molecule has 1 aliphatic carbocycles. The molecule has 0 spiro atoms. The summed E-state index contributed by atoms with van der Waals surface area (Å²) in [5, 5.41) is 9.27. The molecule has 0 bridgehead atoms. The lowest BCUT2D eigenvalue weighted by Crippen LogP contribution is -2.14. The van der Waals surface area contributed by atoms with Gasteiger partial charge in [0.15, 0.2) is 0 Å². The monoisotopic (exact) mass is 254 g/mol. The Morgan fingerprint density at radius 3 is 2.71 bits per heavy atom. The van der Waals surface area contributed by atoms with Gasteiger partial charge in [0.25, 0.3) is 0 Å². The number of para-hydroxylation sites is 1. The fraction of sp³-hybridized carbons (Fsp3) is 0.273. The van der Waals surface area contributed by atoms with Crippen molar-refractivity contribution in [1.29, 1.82) is 0 Å². The zero-order valence-corrected chi connectivity index (χ0v) is 9.15. The lowest BCUT2D eigenvalue weighted by Gasteiger charge is -2.13. The smallest absolute Gasteiger partial charge is 0.134 e. The summed E-state index contributed by atoms with van der Waals surface area (Å²) in [4.78, 5) is 0. The molecule has 0 unspecified atom stereocenters. The van der Waals surface area contributed by atoms with Crippen LogP contribution < -0.4 is 4.74 Å². The minimum absolute atomic E-state index is 0.0105. The van der Waals surface area contributed by atoms with Crippen LogP contribution in [0, 0.1) is 0 Å². The molecule has 0 aromatic heterocycles. The summed E-state index contributed by atoms with van der Waals surface area (Å²) in [5.74, 6) is 0.816. The van der Waals surface area contributed by atoms with Crippen LogP contribution in [0.3, 0.4) is 0 Å². The lowest BCUT2D eigenvalue weighted by atomic mass is 10.3. The van der Waals surface area contributed by atoms with E-state index in [0.29, 0.717) is 6.42 Å². The fourth-order valence-electron chi connectivity index (χ4n) is 1.44. The van der Waals surface area contributed by atoms with Gasteiger partial charge >= 0.3 is 0 Å². The largest absolute Gasteiger partial charge is 0.485 e. The maximum absolute atomic E-state index is 9.27. The Morgan fingerprint density at radius 1 is 1.29 bits per heavy atom. The van der Waals surface area contributed by atoms with Gasteiger partial charge in [-0.1, -0.05) is 18.2 Å². The molecule has 2 rings (SSSR count). The normalized spacial score (nSPS) is 25.3. The molecule has 0 aliphatic heterocycles. The SMILES string of the molecule is O[C@H]1C=C[C@@H](Oc2ccccc2Br)C1. The third-order valence-corrected chi connectivity index (χ3v) is 2.79. The van der Waals surface area contributed by atoms with Gasteiger partial charge in [-0.05, 0) is 34.1 Å². The maximum Gasteiger partial charge on any atom is 0.134 e. The molecule has 0 heterocycles. The van der Waals surface area contributed by atoms with Crippen LogP contribution in [0.2, 0.25) is 0 Å². The number of hydrogen-bond acceptors (Lipinski definition) is 2. The van der Waals surface area contributed by atoms with Crippen LogP contribution in [-0.2, 0) is 0 Å². The van der Waals surface area contributed by atoms with Gasteiger partial charge in [-0.15, -0.1) is 0 Å². The lowest BCUT2D eigenvalue weighted by molar-refractivity contribution is 0.164. The van der Waals surface area contributed by atoms with Crippen LogP contribution in [0.1, 0.15) is 6.42 Å². The molecule has 0 saturated carbocycles. The predicted octanol–water partition coefficient (Wildman–Crippen LogP) is 2.52. The Balaban J connectivity index is 2.05. The van der Waals surface area contributed by atoms with Crippen LogP contribution >= 0.6 is 15.9 Å². The van der Waals surface area contributed by atoms with E-state index in [2.05, 4.69) is 15.9 Å². The summed E-state index contributed by atoms with van der Waals surface area (Å²) >= 11 is 3.41. The van der Waals surface area contributed by atoms with Gasteiger partial charge in [0.05, 0.1) is 10.6 Å². The molecule has 2 atom stereocenters. The number of aliphatic hydroxyl groups is 1. The van der Waals surface area contributed by atoms with Crippen molar-refractivity contribution in [3.8, 4) is 5.75 Å². The Kier molecular flexibility index (Phi) is 2.89. The van der Waals surface area contributed by atoms with Crippen molar-refractivity contribution in [2.75, 3.05) is 0 Å². The summed E-state index contributed by atoms with van der Waals surface area (Å²) in [7, 11) is 0. The van der Waals surface area contributed by atoms with E-state index in [1.165, 1.54) is 0 Å². The van der Waals surface area contributed by atoms with E-state index >= 15 is 0 Å². The highest BCUT2D eigenvalue weighted by atomic mass is 79.9. The Labute approximate surface area is 91.3 Å². The Bertz CT molecular complexity index is 349. The van der Waals surface area contributed by atoms with E-state index < -0.39 is 0 Å². The molecule has 3 heteroatoms. The Morgan fingerprint density at radius 2 is 2.07 bits per heavy atom. The number of rotatable bonds is 2. The molecular weight excluding hydrogens is 244 g/mol. The average Bonchev–Trinajstić information content (AvgIpc) is 2.56. The molecule has 1 aromatic rings. The predicted molar refractivity (Wildman–Crippen MR) is 58.3 cm³/mol. The summed E-state index contributed by atoms with van der Waals surface area (Å²) in [6.45, 7) is 0. The third-order valence-electron chi connectivity index (χ3n) is 2.14. The van der Waals surface area contributed by atoms with Crippen molar-refractivity contribution in [3.05, 3.63) is 40.9 Å². The van der Waals surface area contributed by atoms with E-state index in [-0.39, 0.29) is 12.2 Å². The van der Waals surface area contributed by atoms with E-state index in [9.17, 15) is 5.11 Å². The first kappa shape index (κ1) is 9.74. The Hall–Kier alpha value is -0.800. The minimum Gasteiger partial charge on any atom is -0.485 e. The third kappa shape index (κ3) is 2.16. The van der Waals surface area contributed by atoms with Crippen molar-refractivity contribution in [2.45, 2.75) is 18.6 Å². The van der Waals surface area contributed by atoms with E-state index in [1.54, 1.807) is 6.08 Å². The molecule has 0 fully saturated rings. The molecule has 0 saturated heterocycles. The first-order chi connectivity index (χ1) is 6.75. The number of ether oxygens (including phenoxy) is 1. The molecule has 1 aliphatic rings. The van der Waals surface area contributed by atoms with Crippen LogP contribution in [0.15, 0.2) is 40.9 Å². The topological polar surface area (TPSA) is 29.5 Å². The van der Waals surface area contributed by atoms with Gasteiger partial charge in [0, 0.05) is 6.42 Å². The zero-order chi connectivity index (χ0) is 9.97. The highest BCUT2D eigenvalue weighted by Gasteiger charge is 2.18. The molecule has 0 radical (unpaired) electrons. The van der Waals surface area contributed by atoms with Gasteiger partial charge in [-0.2, -0.15) is 0 Å². The van der Waals surface area contributed by atoms with Crippen molar-refractivity contribution in [1.82, 2.24) is 0 Å². The van der Waals surface area contributed by atoms with Gasteiger partial charge in [0.1, 0.15) is 11.9 Å². The van der Waals surface area contributed by atoms with E-state index in [1.807, 2.05) is 30.3 Å². The maximum atomic E-state index is 9.27. The number of hydrogen-bond donors (Lipinski definition) is 1. The number of benzene rings is 1. The van der Waals surface area contributed by atoms with Gasteiger partial charge < -0.3 is 9.84 Å². The van der Waals surface area contributed by atoms with Crippen molar-refractivity contribution in [3.63, 3.8) is 0 Å². The van der Waals surface area contributed by atoms with Gasteiger partial charge in [-0.3, -0.25) is 0 Å². The molecule has 1 N–H and O–H groups in total. The molecule has 0 amide bonds. The summed E-state index contributed by atoms with van der Waals surface area (Å²) in [5.41, 5.74) is 0. The quantitative estimate of drug-likeness (QED) is 0.823. The van der Waals surface area contributed by atoms with Crippen molar-refractivity contribution in [2.24, 2.45) is 0 Å². The van der Waals surface area contributed by atoms with E-state index in [0.717, 1.165) is 10.2 Å². The first-order valence-corrected chi connectivity index (χ1v) is 5.32. The minimum atomic E-state index is -0.359. The van der Waals surface area contributed by atoms with Crippen molar-refractivity contribution >= 4 is 15.9 Å². The second kappa shape index (κ2) is 4.15. The molecule has 14 heavy (non-hydrogen) atoms. The highest BCUT2D eigenvalue weighted by molar-refractivity contribution is 9.10. The fourth-order valence-corrected chi connectivity index (χ4v) is 1.82. The van der Waals surface area contributed by atoms with Crippen LogP contribution in [0.5, 0.6) is 5.75 Å². The average molecular weight is 255 g/mol. The van der Waals surface area contributed by atoms with Gasteiger partial charge in [0.2, 0.25) is 0 Å². The van der Waals surface area contributed by atoms with Crippen molar-refractivity contribution < 1.29 is 9.84 Å². The number of aliphatic hydroxyl groups excluding tert-OH is 1. The molecule has 74 valence electrons. The molecular formula is C11H11BrO2.